The van der Waals surface area contributed by atoms with Crippen LogP contribution in [0.5, 0.6) is 0 Å². The van der Waals surface area contributed by atoms with Crippen LogP contribution in [0.15, 0.2) is 66.4 Å². The molecule has 0 fully saturated rings. The summed E-state index contributed by atoms with van der Waals surface area (Å²) >= 11 is 0. The first-order valence-corrected chi connectivity index (χ1v) is 5.86. The van der Waals surface area contributed by atoms with E-state index in [1.165, 1.54) is 12.3 Å². The fourth-order valence-corrected chi connectivity index (χ4v) is 1.70. The molecule has 1 N–H and O–H groups in total. The molecule has 0 aromatic heterocycles. The van der Waals surface area contributed by atoms with Crippen molar-refractivity contribution in [1.82, 2.24) is 5.06 Å². The molecule has 1 aliphatic carbocycles. The van der Waals surface area contributed by atoms with E-state index >= 15 is 0 Å². The van der Waals surface area contributed by atoms with E-state index in [4.69, 9.17) is 0 Å². The van der Waals surface area contributed by atoms with E-state index in [2.05, 4.69) is 0 Å². The number of carbonyl (C=O) groups is 1. The Morgan fingerprint density at radius 1 is 1.11 bits per heavy atom. The molecule has 1 aromatic carbocycles. The Hall–Kier alpha value is -2.13. The Labute approximate surface area is 106 Å². The van der Waals surface area contributed by atoms with E-state index in [9.17, 15) is 10.0 Å². The summed E-state index contributed by atoms with van der Waals surface area (Å²) in [6.45, 7) is 0.457. The highest BCUT2D eigenvalue weighted by atomic mass is 16.5. The number of hydrogen-bond donors (Lipinski definition) is 1. The van der Waals surface area contributed by atoms with Crippen molar-refractivity contribution in [3.8, 4) is 0 Å². The maximum Gasteiger partial charge on any atom is 0.187 e. The van der Waals surface area contributed by atoms with Gasteiger partial charge in [0.05, 0.1) is 0 Å². The summed E-state index contributed by atoms with van der Waals surface area (Å²) < 4.78 is 0. The summed E-state index contributed by atoms with van der Waals surface area (Å²) in [6.07, 6.45) is 8.83. The van der Waals surface area contributed by atoms with Gasteiger partial charge in [-0.05, 0) is 24.1 Å². The maximum atomic E-state index is 11.5. The van der Waals surface area contributed by atoms with Crippen LogP contribution in [0.4, 0.5) is 0 Å². The Morgan fingerprint density at radius 3 is 2.56 bits per heavy atom. The average Bonchev–Trinajstić information content (AvgIpc) is 2.40. The number of carbonyl (C=O) groups excluding carboxylic acids is 1. The molecule has 92 valence electrons. The zero-order chi connectivity index (χ0) is 12.8. The standard InChI is InChI=1S/C15H15NO2/c17-15-9-5-4-8-14(15)12-16(18)11-10-13-6-2-1-3-7-13/h1-9,12,18H,10-11H2. The fourth-order valence-electron chi connectivity index (χ4n) is 1.70. The minimum absolute atomic E-state index is 0.0868. The summed E-state index contributed by atoms with van der Waals surface area (Å²) in [4.78, 5) is 11.5. The molecule has 0 aliphatic heterocycles. The first kappa shape index (κ1) is 12.3. The van der Waals surface area contributed by atoms with Crippen LogP contribution in [0, 0.1) is 0 Å². The number of allylic oxidation sites excluding steroid dienone is 5. The van der Waals surface area contributed by atoms with Crippen molar-refractivity contribution in [1.29, 1.82) is 0 Å². The minimum Gasteiger partial charge on any atom is -0.289 e. The van der Waals surface area contributed by atoms with E-state index in [0.717, 1.165) is 17.0 Å². The highest BCUT2D eigenvalue weighted by Crippen LogP contribution is 2.08. The van der Waals surface area contributed by atoms with Gasteiger partial charge < -0.3 is 0 Å². The fraction of sp³-hybridized carbons (Fsp3) is 0.133. The van der Waals surface area contributed by atoms with Gasteiger partial charge in [-0.25, -0.2) is 0 Å². The summed E-state index contributed by atoms with van der Waals surface area (Å²) in [5.41, 5.74) is 1.65. The number of hydroxylamine groups is 2. The van der Waals surface area contributed by atoms with Gasteiger partial charge in [-0.3, -0.25) is 15.1 Å². The SMILES string of the molecule is O=C1C=CC=CC1=CN(O)CCc1ccccc1. The van der Waals surface area contributed by atoms with Crippen LogP contribution in [-0.2, 0) is 11.2 Å². The molecule has 0 radical (unpaired) electrons. The first-order valence-electron chi connectivity index (χ1n) is 5.86. The summed E-state index contributed by atoms with van der Waals surface area (Å²) in [5, 5.41) is 10.8. The Bertz CT molecular complexity index is 500. The number of ketones is 1. The second-order valence-corrected chi connectivity index (χ2v) is 4.07. The Balaban J connectivity index is 1.91. The molecule has 3 nitrogen and oxygen atoms in total. The van der Waals surface area contributed by atoms with Crippen molar-refractivity contribution in [2.75, 3.05) is 6.54 Å². The van der Waals surface area contributed by atoms with Crippen LogP contribution in [0.1, 0.15) is 5.56 Å². The predicted molar refractivity (Wildman–Crippen MR) is 70.0 cm³/mol. The van der Waals surface area contributed by atoms with Crippen molar-refractivity contribution in [3.05, 3.63) is 72.0 Å². The van der Waals surface area contributed by atoms with Gasteiger partial charge >= 0.3 is 0 Å². The van der Waals surface area contributed by atoms with Crippen molar-refractivity contribution in [2.45, 2.75) is 6.42 Å². The highest BCUT2D eigenvalue weighted by Gasteiger charge is 2.07. The lowest BCUT2D eigenvalue weighted by molar-refractivity contribution is -0.111. The molecule has 0 unspecified atom stereocenters. The quantitative estimate of drug-likeness (QED) is 0.650. The minimum atomic E-state index is -0.0868. The molecule has 2 rings (SSSR count). The van der Waals surface area contributed by atoms with Crippen molar-refractivity contribution < 1.29 is 10.0 Å². The average molecular weight is 241 g/mol. The normalized spacial score (nSPS) is 16.3. The van der Waals surface area contributed by atoms with Crippen molar-refractivity contribution in [3.63, 3.8) is 0 Å². The van der Waals surface area contributed by atoms with Crippen LogP contribution >= 0.6 is 0 Å². The molecular formula is C15H15NO2. The second kappa shape index (κ2) is 5.98. The van der Waals surface area contributed by atoms with Gasteiger partial charge in [0, 0.05) is 18.3 Å². The molecule has 0 atom stereocenters. The zero-order valence-electron chi connectivity index (χ0n) is 9.99. The van der Waals surface area contributed by atoms with Gasteiger partial charge in [-0.15, -0.1) is 0 Å². The zero-order valence-corrected chi connectivity index (χ0v) is 9.99. The highest BCUT2D eigenvalue weighted by molar-refractivity contribution is 6.07. The molecule has 0 saturated heterocycles. The number of rotatable bonds is 4. The van der Waals surface area contributed by atoms with Gasteiger partial charge in [0.25, 0.3) is 0 Å². The largest absolute Gasteiger partial charge is 0.289 e. The molecule has 1 aromatic rings. The number of benzene rings is 1. The van der Waals surface area contributed by atoms with E-state index in [1.807, 2.05) is 30.3 Å². The molecule has 3 heteroatoms. The molecule has 1 aliphatic rings. The topological polar surface area (TPSA) is 40.5 Å². The molecular weight excluding hydrogens is 226 g/mol. The summed E-state index contributed by atoms with van der Waals surface area (Å²) in [5.74, 6) is -0.0868. The maximum absolute atomic E-state index is 11.5. The van der Waals surface area contributed by atoms with Crippen LogP contribution in [0.3, 0.4) is 0 Å². The lowest BCUT2D eigenvalue weighted by atomic mass is 10.1. The van der Waals surface area contributed by atoms with E-state index < -0.39 is 0 Å². The summed E-state index contributed by atoms with van der Waals surface area (Å²) in [7, 11) is 0. The van der Waals surface area contributed by atoms with Crippen LogP contribution in [0.2, 0.25) is 0 Å². The van der Waals surface area contributed by atoms with Crippen LogP contribution in [-0.4, -0.2) is 22.6 Å². The lowest BCUT2D eigenvalue weighted by Gasteiger charge is -2.13. The van der Waals surface area contributed by atoms with Gasteiger partial charge in [-0.1, -0.05) is 42.5 Å². The molecule has 0 bridgehead atoms. The number of hydrogen-bond acceptors (Lipinski definition) is 3. The third-order valence-electron chi connectivity index (χ3n) is 2.68. The van der Waals surface area contributed by atoms with E-state index in [-0.39, 0.29) is 5.78 Å². The third-order valence-corrected chi connectivity index (χ3v) is 2.68. The summed E-state index contributed by atoms with van der Waals surface area (Å²) in [6, 6.07) is 9.91. The number of nitrogens with zero attached hydrogens (tertiary/aromatic N) is 1. The Morgan fingerprint density at radius 2 is 1.83 bits per heavy atom. The Kier molecular flexibility index (Phi) is 4.10. The van der Waals surface area contributed by atoms with Crippen LogP contribution in [0.25, 0.3) is 0 Å². The van der Waals surface area contributed by atoms with Gasteiger partial charge in [0.2, 0.25) is 0 Å². The van der Waals surface area contributed by atoms with Crippen molar-refractivity contribution >= 4 is 5.78 Å². The molecule has 0 amide bonds. The first-order chi connectivity index (χ1) is 8.75. The van der Waals surface area contributed by atoms with E-state index in [0.29, 0.717) is 12.1 Å². The van der Waals surface area contributed by atoms with Gasteiger partial charge in [-0.2, -0.15) is 0 Å². The van der Waals surface area contributed by atoms with Gasteiger partial charge in [0.1, 0.15) is 0 Å². The monoisotopic (exact) mass is 241 g/mol. The smallest absolute Gasteiger partial charge is 0.187 e. The molecule has 18 heavy (non-hydrogen) atoms. The van der Waals surface area contributed by atoms with Crippen molar-refractivity contribution in [2.24, 2.45) is 0 Å². The van der Waals surface area contributed by atoms with Crippen LogP contribution < -0.4 is 0 Å². The van der Waals surface area contributed by atoms with Gasteiger partial charge in [0.15, 0.2) is 5.78 Å². The lowest BCUT2D eigenvalue weighted by Crippen LogP contribution is -2.17. The molecule has 0 saturated carbocycles. The molecule has 0 spiro atoms. The predicted octanol–water partition coefficient (Wildman–Crippen LogP) is 2.50. The second-order valence-electron chi connectivity index (χ2n) is 4.07. The molecule has 0 heterocycles. The van der Waals surface area contributed by atoms with E-state index in [1.54, 1.807) is 18.2 Å². The third kappa shape index (κ3) is 3.43.